The van der Waals surface area contributed by atoms with Gasteiger partial charge in [0.2, 0.25) is 0 Å². The summed E-state index contributed by atoms with van der Waals surface area (Å²) in [6, 6.07) is 15.5. The minimum absolute atomic E-state index is 0.00251. The molecule has 2 N–H and O–H groups in total. The topological polar surface area (TPSA) is 58.6 Å². The number of aliphatic hydroxyl groups is 1. The van der Waals surface area contributed by atoms with Crippen molar-refractivity contribution < 1.29 is 14.6 Å². The Balaban J connectivity index is 1.58. The van der Waals surface area contributed by atoms with Crippen molar-refractivity contribution in [1.82, 2.24) is 5.32 Å². The molecular weight excluding hydrogens is 302 g/mol. The highest BCUT2D eigenvalue weighted by atomic mass is 16.5. The van der Waals surface area contributed by atoms with Crippen molar-refractivity contribution in [2.45, 2.75) is 38.0 Å². The number of ketones is 1. The number of para-hydroxylation sites is 1. The molecule has 0 fully saturated rings. The fourth-order valence-corrected chi connectivity index (χ4v) is 3.24. The third-order valence-electron chi connectivity index (χ3n) is 4.65. The minimum atomic E-state index is -0.544. The molecule has 24 heavy (non-hydrogen) atoms. The molecule has 0 unspecified atom stereocenters. The van der Waals surface area contributed by atoms with E-state index in [-0.39, 0.29) is 11.8 Å². The van der Waals surface area contributed by atoms with Crippen LogP contribution in [0, 0.1) is 0 Å². The smallest absolute Gasteiger partial charge is 0.166 e. The van der Waals surface area contributed by atoms with E-state index in [1.165, 1.54) is 11.1 Å². The van der Waals surface area contributed by atoms with E-state index in [9.17, 15) is 9.90 Å². The van der Waals surface area contributed by atoms with Crippen LogP contribution in [0.1, 0.15) is 34.3 Å². The van der Waals surface area contributed by atoms with Crippen LogP contribution >= 0.6 is 0 Å². The van der Waals surface area contributed by atoms with Crippen molar-refractivity contribution in [3.05, 3.63) is 65.2 Å². The van der Waals surface area contributed by atoms with E-state index in [2.05, 4.69) is 17.4 Å². The minimum Gasteiger partial charge on any atom is -0.496 e. The highest BCUT2D eigenvalue weighted by Gasteiger charge is 2.25. The number of rotatable bonds is 6. The third kappa shape index (κ3) is 3.66. The fourth-order valence-electron chi connectivity index (χ4n) is 3.24. The van der Waals surface area contributed by atoms with Gasteiger partial charge in [0.15, 0.2) is 5.78 Å². The maximum atomic E-state index is 12.4. The van der Waals surface area contributed by atoms with Gasteiger partial charge in [-0.2, -0.15) is 0 Å². The van der Waals surface area contributed by atoms with E-state index >= 15 is 0 Å². The second kappa shape index (κ2) is 7.60. The van der Waals surface area contributed by atoms with Gasteiger partial charge in [0, 0.05) is 19.0 Å². The lowest BCUT2D eigenvalue weighted by atomic mass is 9.90. The summed E-state index contributed by atoms with van der Waals surface area (Å²) >= 11 is 0. The predicted octanol–water partition coefficient (Wildman–Crippen LogP) is 2.73. The van der Waals surface area contributed by atoms with E-state index in [4.69, 9.17) is 4.74 Å². The van der Waals surface area contributed by atoms with Gasteiger partial charge in [-0.15, -0.1) is 0 Å². The van der Waals surface area contributed by atoms with Crippen LogP contribution in [-0.4, -0.2) is 30.1 Å². The normalized spacial score (nSPS) is 17.8. The Morgan fingerprint density at radius 1 is 1.21 bits per heavy atom. The first-order chi connectivity index (χ1) is 11.7. The van der Waals surface area contributed by atoms with Gasteiger partial charge < -0.3 is 15.2 Å². The van der Waals surface area contributed by atoms with Crippen molar-refractivity contribution >= 4 is 5.78 Å². The number of hydrogen-bond acceptors (Lipinski definition) is 4. The Kier molecular flexibility index (Phi) is 5.28. The lowest BCUT2D eigenvalue weighted by molar-refractivity contribution is 0.0875. The van der Waals surface area contributed by atoms with E-state index in [1.807, 2.05) is 24.3 Å². The molecule has 2 aromatic carbocycles. The molecule has 126 valence electrons. The van der Waals surface area contributed by atoms with Crippen molar-refractivity contribution in [1.29, 1.82) is 0 Å². The quantitative estimate of drug-likeness (QED) is 0.802. The Hall–Kier alpha value is -2.17. The number of nitrogens with one attached hydrogen (secondary N) is 1. The molecular formula is C20H23NO3. The van der Waals surface area contributed by atoms with E-state index < -0.39 is 6.10 Å². The van der Waals surface area contributed by atoms with E-state index in [0.29, 0.717) is 24.2 Å². The molecule has 4 heteroatoms. The van der Waals surface area contributed by atoms with Gasteiger partial charge in [-0.25, -0.2) is 0 Å². The van der Waals surface area contributed by atoms with Crippen molar-refractivity contribution in [3.8, 4) is 5.75 Å². The summed E-state index contributed by atoms with van der Waals surface area (Å²) in [7, 11) is 1.56. The van der Waals surface area contributed by atoms with Gasteiger partial charge in [-0.05, 0) is 36.1 Å². The van der Waals surface area contributed by atoms with Crippen molar-refractivity contribution in [3.63, 3.8) is 0 Å². The van der Waals surface area contributed by atoms with Gasteiger partial charge in [0.1, 0.15) is 5.75 Å². The monoisotopic (exact) mass is 325 g/mol. The van der Waals surface area contributed by atoms with Gasteiger partial charge >= 0.3 is 0 Å². The van der Waals surface area contributed by atoms with Gasteiger partial charge in [0.25, 0.3) is 0 Å². The summed E-state index contributed by atoms with van der Waals surface area (Å²) < 4.78 is 5.23. The molecule has 1 heterocycles. The summed E-state index contributed by atoms with van der Waals surface area (Å²) in [5.41, 5.74) is 3.14. The molecule has 0 saturated heterocycles. The molecule has 2 aromatic rings. The van der Waals surface area contributed by atoms with Crippen LogP contribution in [0.25, 0.3) is 0 Å². The number of aliphatic hydroxyl groups excluding tert-OH is 1. The molecule has 3 rings (SSSR count). The number of hydrogen-bond donors (Lipinski definition) is 2. The van der Waals surface area contributed by atoms with Crippen LogP contribution < -0.4 is 10.1 Å². The van der Waals surface area contributed by atoms with Crippen molar-refractivity contribution in [2.75, 3.05) is 7.11 Å². The maximum absolute atomic E-state index is 12.4. The zero-order chi connectivity index (χ0) is 16.9. The lowest BCUT2D eigenvalue weighted by Crippen LogP contribution is -2.44. The van der Waals surface area contributed by atoms with Crippen LogP contribution in [0.4, 0.5) is 0 Å². The molecule has 1 aliphatic rings. The molecule has 4 nitrogen and oxygen atoms in total. The summed E-state index contributed by atoms with van der Waals surface area (Å²) in [6.45, 7) is 0.762. The molecule has 0 radical (unpaired) electrons. The number of carbonyl (C=O) groups excluding carboxylic acids is 1. The molecule has 0 spiro atoms. The molecule has 1 aliphatic heterocycles. The standard InChI is InChI=1S/C20H23NO3/c1-24-20-9-5-4-8-16(20)18(22)10-11-19(23)17-12-14-6-2-3-7-15(14)13-21-17/h2-9,17,19,21,23H,10-13H2,1H3/t17-,19+/m0/s1. The van der Waals surface area contributed by atoms with Crippen molar-refractivity contribution in [2.24, 2.45) is 0 Å². The average Bonchev–Trinajstić information content (AvgIpc) is 2.65. The first-order valence-corrected chi connectivity index (χ1v) is 8.33. The number of ether oxygens (including phenoxy) is 1. The van der Waals surface area contributed by atoms with E-state index in [0.717, 1.165) is 13.0 Å². The highest BCUT2D eigenvalue weighted by molar-refractivity contribution is 5.98. The zero-order valence-electron chi connectivity index (χ0n) is 13.9. The molecule has 0 aliphatic carbocycles. The molecule has 0 amide bonds. The van der Waals surface area contributed by atoms with Crippen LogP contribution in [-0.2, 0) is 13.0 Å². The SMILES string of the molecule is COc1ccccc1C(=O)CC[C@@H](O)[C@@H]1Cc2ccccc2CN1. The number of fused-ring (bicyclic) bond motifs is 1. The fraction of sp³-hybridized carbons (Fsp3) is 0.350. The first-order valence-electron chi connectivity index (χ1n) is 8.33. The van der Waals surface area contributed by atoms with Crippen LogP contribution in [0.5, 0.6) is 5.75 Å². The second-order valence-corrected chi connectivity index (χ2v) is 6.19. The maximum Gasteiger partial charge on any atom is 0.166 e. The largest absolute Gasteiger partial charge is 0.496 e. The first kappa shape index (κ1) is 16.7. The highest BCUT2D eigenvalue weighted by Crippen LogP contribution is 2.22. The molecule has 0 aromatic heterocycles. The number of benzene rings is 2. The summed E-state index contributed by atoms with van der Waals surface area (Å²) in [5, 5.41) is 13.9. The number of methoxy groups -OCH3 is 1. The summed E-state index contributed by atoms with van der Waals surface area (Å²) in [6.07, 6.45) is 0.996. The Bertz CT molecular complexity index is 714. The van der Waals surface area contributed by atoms with Crippen LogP contribution in [0.15, 0.2) is 48.5 Å². The van der Waals surface area contributed by atoms with Gasteiger partial charge in [-0.1, -0.05) is 36.4 Å². The molecule has 2 atom stereocenters. The molecule has 0 saturated carbocycles. The van der Waals surface area contributed by atoms with Crippen LogP contribution in [0.2, 0.25) is 0 Å². The Morgan fingerprint density at radius 2 is 1.92 bits per heavy atom. The van der Waals surface area contributed by atoms with Crippen LogP contribution in [0.3, 0.4) is 0 Å². The average molecular weight is 325 g/mol. The lowest BCUT2D eigenvalue weighted by Gasteiger charge is -2.29. The summed E-state index contributed by atoms with van der Waals surface area (Å²) in [5.74, 6) is 0.587. The Labute approximate surface area is 142 Å². The third-order valence-corrected chi connectivity index (χ3v) is 4.65. The summed E-state index contributed by atoms with van der Waals surface area (Å²) in [4.78, 5) is 12.4. The van der Waals surface area contributed by atoms with E-state index in [1.54, 1.807) is 19.2 Å². The zero-order valence-corrected chi connectivity index (χ0v) is 13.9. The number of carbonyl (C=O) groups is 1. The Morgan fingerprint density at radius 3 is 2.71 bits per heavy atom. The van der Waals surface area contributed by atoms with Gasteiger partial charge in [0.05, 0.1) is 18.8 Å². The number of Topliss-reactive ketones (excluding diaryl/α,β-unsaturated/α-hetero) is 1. The predicted molar refractivity (Wildman–Crippen MR) is 93.3 cm³/mol. The molecule has 0 bridgehead atoms. The van der Waals surface area contributed by atoms with Gasteiger partial charge in [-0.3, -0.25) is 4.79 Å². The second-order valence-electron chi connectivity index (χ2n) is 6.19.